The number of carbonyl (C=O) groups excluding carboxylic acids is 1. The van der Waals surface area contributed by atoms with Crippen LogP contribution < -0.4 is 4.74 Å². The second kappa shape index (κ2) is 12.3. The fourth-order valence-electron chi connectivity index (χ4n) is 5.40. The van der Waals surface area contributed by atoms with Crippen LogP contribution in [-0.4, -0.2) is 54.0 Å². The zero-order valence-corrected chi connectivity index (χ0v) is 22.9. The van der Waals surface area contributed by atoms with Gasteiger partial charge in [0.25, 0.3) is 0 Å². The van der Waals surface area contributed by atoms with Crippen molar-refractivity contribution >= 4 is 28.7 Å². The van der Waals surface area contributed by atoms with E-state index in [2.05, 4.69) is 4.90 Å². The summed E-state index contributed by atoms with van der Waals surface area (Å²) in [4.78, 5) is 15.7. The van der Waals surface area contributed by atoms with Gasteiger partial charge in [-0.3, -0.25) is 14.1 Å². The number of halogens is 2. The molecule has 0 aromatic heterocycles. The Bertz CT molecular complexity index is 1370. The molecule has 3 aromatic rings. The van der Waals surface area contributed by atoms with E-state index in [1.807, 2.05) is 30.3 Å². The predicted molar refractivity (Wildman–Crippen MR) is 153 cm³/mol. The Morgan fingerprint density at radius 1 is 1.10 bits per heavy atom. The number of phenols is 1. The third-order valence-corrected chi connectivity index (χ3v) is 8.42. The molecule has 204 valence electrons. The number of ether oxygens (including phenoxy) is 1. The maximum atomic E-state index is 14.6. The van der Waals surface area contributed by atoms with Crippen LogP contribution in [0.4, 0.5) is 8.78 Å². The van der Waals surface area contributed by atoms with Crippen molar-refractivity contribution < 1.29 is 23.4 Å². The van der Waals surface area contributed by atoms with Crippen LogP contribution in [0.2, 0.25) is 0 Å². The molecule has 0 bridgehead atoms. The molecule has 1 unspecified atom stereocenters. The Morgan fingerprint density at radius 2 is 1.90 bits per heavy atom. The summed E-state index contributed by atoms with van der Waals surface area (Å²) in [6.45, 7) is 3.92. The lowest BCUT2D eigenvalue weighted by atomic mass is 9.87. The van der Waals surface area contributed by atoms with Gasteiger partial charge in [-0.05, 0) is 89.6 Å². The first-order chi connectivity index (χ1) is 19.0. The number of aromatic hydroxyl groups is 1. The van der Waals surface area contributed by atoms with Crippen molar-refractivity contribution in [3.05, 3.63) is 88.7 Å². The number of carbonyl (C=O) groups is 1. The van der Waals surface area contributed by atoms with Crippen molar-refractivity contribution in [2.45, 2.75) is 43.6 Å². The van der Waals surface area contributed by atoms with Gasteiger partial charge in [-0.15, -0.1) is 11.8 Å². The van der Waals surface area contributed by atoms with E-state index in [4.69, 9.17) is 4.74 Å². The number of rotatable bonds is 9. The number of fused-ring (bicyclic) bond motifs is 1. The number of hydrogen-bond acceptors (Lipinski definition) is 5. The maximum absolute atomic E-state index is 14.6. The highest BCUT2D eigenvalue weighted by Gasteiger charge is 2.25. The highest BCUT2D eigenvalue weighted by Crippen LogP contribution is 2.44. The van der Waals surface area contributed by atoms with Crippen molar-refractivity contribution in [3.8, 4) is 11.5 Å². The lowest BCUT2D eigenvalue weighted by molar-refractivity contribution is 0.0984. The predicted octanol–water partition coefficient (Wildman–Crippen LogP) is 7.39. The molecule has 1 N–H and O–H groups in total. The Labute approximate surface area is 232 Å². The molecule has 0 amide bonds. The van der Waals surface area contributed by atoms with Crippen molar-refractivity contribution in [1.82, 2.24) is 4.90 Å². The molecule has 1 fully saturated rings. The fourth-order valence-corrected chi connectivity index (χ4v) is 6.45. The maximum Gasteiger partial charge on any atom is 0.165 e. The number of phenolic OH excluding ortho intramolecular Hbond substituents is 1. The van der Waals surface area contributed by atoms with Gasteiger partial charge in [-0.2, -0.15) is 0 Å². The molecule has 3 aromatic carbocycles. The monoisotopic (exact) mass is 549 g/mol. The van der Waals surface area contributed by atoms with Gasteiger partial charge < -0.3 is 9.84 Å². The summed E-state index contributed by atoms with van der Waals surface area (Å²) in [7, 11) is 0. The third kappa shape index (κ3) is 6.20. The summed E-state index contributed by atoms with van der Waals surface area (Å²) in [5.74, 6) is 1.05. The van der Waals surface area contributed by atoms with E-state index in [1.165, 1.54) is 6.07 Å². The minimum atomic E-state index is -0.502. The molecule has 39 heavy (non-hydrogen) atoms. The van der Waals surface area contributed by atoms with Gasteiger partial charge in [0.05, 0.1) is 12.2 Å². The first kappa shape index (κ1) is 27.4. The summed E-state index contributed by atoms with van der Waals surface area (Å²) in [5, 5.41) is 10.2. The quantitative estimate of drug-likeness (QED) is 0.282. The van der Waals surface area contributed by atoms with E-state index in [9.17, 15) is 18.7 Å². The van der Waals surface area contributed by atoms with Crippen LogP contribution in [0.1, 0.15) is 59.7 Å². The summed E-state index contributed by atoms with van der Waals surface area (Å²) >= 11 is 1.67. The smallest absolute Gasteiger partial charge is 0.165 e. The van der Waals surface area contributed by atoms with Gasteiger partial charge in [0, 0.05) is 36.7 Å². The molecule has 2 heterocycles. The molecule has 0 saturated carbocycles. The molecule has 0 radical (unpaired) electrons. The van der Waals surface area contributed by atoms with E-state index < -0.39 is 5.82 Å². The normalized spacial score (nSPS) is 17.7. The minimum Gasteiger partial charge on any atom is -0.508 e. The molecule has 1 saturated heterocycles. The minimum absolute atomic E-state index is 0.0805. The third-order valence-electron chi connectivity index (χ3n) is 7.37. The Kier molecular flexibility index (Phi) is 8.68. The van der Waals surface area contributed by atoms with Crippen molar-refractivity contribution in [2.24, 2.45) is 0 Å². The number of Topliss-reactive ketones (excluding diaryl/α,β-unsaturated/α-hetero) is 1. The lowest BCUT2D eigenvalue weighted by Crippen LogP contribution is -2.26. The van der Waals surface area contributed by atoms with Gasteiger partial charge in [-0.1, -0.05) is 25.1 Å². The van der Waals surface area contributed by atoms with Crippen LogP contribution in [0.25, 0.3) is 11.1 Å². The largest absolute Gasteiger partial charge is 0.508 e. The number of allylic oxidation sites excluding steroid dienone is 1. The fraction of sp³-hybridized carbons (Fsp3) is 0.344. The second-order valence-electron chi connectivity index (χ2n) is 10.00. The Hall–Kier alpha value is -3.16. The number of ketones is 1. The summed E-state index contributed by atoms with van der Waals surface area (Å²) < 4.78 is 33.3. The first-order valence-electron chi connectivity index (χ1n) is 13.5. The van der Waals surface area contributed by atoms with E-state index in [-0.39, 0.29) is 36.3 Å². The summed E-state index contributed by atoms with van der Waals surface area (Å²) in [6.07, 6.45) is 2.51. The number of nitrogens with zero attached hydrogens (tertiary/aromatic N) is 1. The van der Waals surface area contributed by atoms with Crippen LogP contribution in [0.3, 0.4) is 0 Å². The van der Waals surface area contributed by atoms with E-state index in [0.29, 0.717) is 6.42 Å². The van der Waals surface area contributed by atoms with Crippen LogP contribution in [0.5, 0.6) is 11.5 Å². The SMILES string of the molecule is CCC(=O)c1cc(C2=C(c3ccc(OC4CCN(CCCF)C4)cc3)c3ccc(O)cc3SCC2)ccc1F. The van der Waals surface area contributed by atoms with Gasteiger partial charge >= 0.3 is 0 Å². The van der Waals surface area contributed by atoms with Gasteiger partial charge in [-0.25, -0.2) is 4.39 Å². The van der Waals surface area contributed by atoms with Gasteiger partial charge in [0.15, 0.2) is 5.78 Å². The molecule has 2 aliphatic rings. The molecule has 2 aliphatic heterocycles. The average molecular weight is 550 g/mol. The highest BCUT2D eigenvalue weighted by atomic mass is 32.2. The molecular weight excluding hydrogens is 516 g/mol. The van der Waals surface area contributed by atoms with Crippen LogP contribution in [0.15, 0.2) is 65.6 Å². The zero-order chi connectivity index (χ0) is 27.4. The van der Waals surface area contributed by atoms with Crippen LogP contribution >= 0.6 is 11.8 Å². The molecule has 0 spiro atoms. The van der Waals surface area contributed by atoms with Gasteiger partial charge in [0.2, 0.25) is 0 Å². The number of benzene rings is 3. The molecule has 5 rings (SSSR count). The Balaban J connectivity index is 1.51. The van der Waals surface area contributed by atoms with Crippen LogP contribution in [-0.2, 0) is 0 Å². The number of hydrogen-bond donors (Lipinski definition) is 1. The van der Waals surface area contributed by atoms with E-state index >= 15 is 0 Å². The highest BCUT2D eigenvalue weighted by molar-refractivity contribution is 7.99. The number of alkyl halides is 1. The van der Waals surface area contributed by atoms with Crippen molar-refractivity contribution in [3.63, 3.8) is 0 Å². The molecule has 1 atom stereocenters. The molecule has 4 nitrogen and oxygen atoms in total. The molecular formula is C32H33F2NO3S. The second-order valence-corrected chi connectivity index (χ2v) is 11.1. The van der Waals surface area contributed by atoms with Gasteiger partial charge in [0.1, 0.15) is 23.4 Å². The summed E-state index contributed by atoms with van der Waals surface area (Å²) in [6, 6.07) is 18.2. The van der Waals surface area contributed by atoms with E-state index in [0.717, 1.165) is 76.7 Å². The topological polar surface area (TPSA) is 49.8 Å². The lowest BCUT2D eigenvalue weighted by Gasteiger charge is -2.19. The molecule has 7 heteroatoms. The average Bonchev–Trinajstić information content (AvgIpc) is 3.31. The standard InChI is InChI=1S/C32H33F2NO3S/c1-2-30(37)28-18-22(6-11-29(28)34)26-13-17-39-31-19-23(36)7-10-27(31)32(26)21-4-8-24(9-5-21)38-25-12-16-35(20-25)15-3-14-33/h4-11,18-19,25,36H,2-3,12-17,20H2,1H3. The first-order valence-corrected chi connectivity index (χ1v) is 14.5. The Morgan fingerprint density at radius 3 is 2.67 bits per heavy atom. The van der Waals surface area contributed by atoms with Crippen LogP contribution in [0, 0.1) is 5.82 Å². The number of likely N-dealkylation sites (tertiary alicyclic amines) is 1. The summed E-state index contributed by atoms with van der Waals surface area (Å²) in [5.41, 5.74) is 4.95. The molecule has 0 aliphatic carbocycles. The van der Waals surface area contributed by atoms with Crippen molar-refractivity contribution in [1.29, 1.82) is 0 Å². The number of thioether (sulfide) groups is 1. The van der Waals surface area contributed by atoms with E-state index in [1.54, 1.807) is 43.0 Å². The zero-order valence-electron chi connectivity index (χ0n) is 22.1. The van der Waals surface area contributed by atoms with Crippen molar-refractivity contribution in [2.75, 3.05) is 32.1 Å².